The predicted molar refractivity (Wildman–Crippen MR) is 233 cm³/mol. The molecule has 0 radical (unpaired) electrons. The number of rotatable bonds is 10. The average Bonchev–Trinajstić information content (AvgIpc) is 3.24. The van der Waals surface area contributed by atoms with Gasteiger partial charge in [0, 0.05) is 69.5 Å². The Morgan fingerprint density at radius 1 is 0.875 bits per heavy atom. The zero-order valence-electron chi connectivity index (χ0n) is 34.6. The lowest BCUT2D eigenvalue weighted by atomic mass is 9.98. The lowest BCUT2D eigenvalue weighted by molar-refractivity contribution is -0.137. The van der Waals surface area contributed by atoms with Crippen molar-refractivity contribution in [2.45, 2.75) is 32.5 Å². The van der Waals surface area contributed by atoms with Crippen LogP contribution >= 0.6 is 11.6 Å². The number of nitrogens with one attached hydrogen (secondary N) is 3. The first-order chi connectivity index (χ1) is 30.3. The Kier molecular flexibility index (Phi) is 13.9. The van der Waals surface area contributed by atoms with Crippen LogP contribution in [0.25, 0.3) is 0 Å². The van der Waals surface area contributed by atoms with Crippen molar-refractivity contribution in [3.05, 3.63) is 130 Å². The SMILES string of the molecule is CC(C)c1cc(C(=N)N(C(N)=O)c2ccc(CN3CCN(C(=O)N(C)C(=O)c4cc(Oc5ccc(NC(=O)Nc6ccc(Cl)c(C(F)(F)F)c6)cc5)ccn4)CC3)cc2)c(O)cc1O. The monoisotopic (exact) mass is 901 g/mol. The van der Waals surface area contributed by atoms with Crippen LogP contribution in [0.4, 0.5) is 44.6 Å². The molecule has 2 heterocycles. The number of ether oxygens (including phenoxy) is 1. The number of halogens is 4. The van der Waals surface area contributed by atoms with Gasteiger partial charge in [0.25, 0.3) is 5.91 Å². The second-order valence-electron chi connectivity index (χ2n) is 15.0. The van der Waals surface area contributed by atoms with E-state index >= 15 is 0 Å². The largest absolute Gasteiger partial charge is 0.508 e. The normalized spacial score (nSPS) is 13.0. The van der Waals surface area contributed by atoms with E-state index in [-0.39, 0.29) is 45.9 Å². The summed E-state index contributed by atoms with van der Waals surface area (Å²) in [5.74, 6) is -1.09. The second kappa shape index (κ2) is 19.3. The lowest BCUT2D eigenvalue weighted by Crippen LogP contribution is -2.52. The molecule has 1 aliphatic heterocycles. The number of anilines is 3. The van der Waals surface area contributed by atoms with Crippen molar-refractivity contribution in [1.82, 2.24) is 19.7 Å². The molecule has 16 nitrogen and oxygen atoms in total. The van der Waals surface area contributed by atoms with Crippen LogP contribution in [-0.4, -0.2) is 93.0 Å². The van der Waals surface area contributed by atoms with Gasteiger partial charge in [-0.25, -0.2) is 19.3 Å². The minimum absolute atomic E-state index is 0.0281. The third kappa shape index (κ3) is 11.0. The summed E-state index contributed by atoms with van der Waals surface area (Å²) in [6.07, 6.45) is -3.35. The number of carbonyl (C=O) groups is 4. The topological polar surface area (TPSA) is 218 Å². The summed E-state index contributed by atoms with van der Waals surface area (Å²) in [6, 6.07) is 19.1. The fraction of sp³-hybridized carbons (Fsp3) is 0.227. The number of carbonyl (C=O) groups excluding carboxylic acids is 4. The van der Waals surface area contributed by atoms with E-state index in [1.54, 1.807) is 29.2 Å². The summed E-state index contributed by atoms with van der Waals surface area (Å²) in [6.45, 7) is 5.85. The molecular weight excluding hydrogens is 859 g/mol. The van der Waals surface area contributed by atoms with Crippen molar-refractivity contribution < 1.29 is 47.3 Å². The van der Waals surface area contributed by atoms with Gasteiger partial charge in [-0.2, -0.15) is 13.2 Å². The van der Waals surface area contributed by atoms with Gasteiger partial charge in [0.2, 0.25) is 0 Å². The third-order valence-corrected chi connectivity index (χ3v) is 10.5. The van der Waals surface area contributed by atoms with Gasteiger partial charge in [0.1, 0.15) is 34.5 Å². The maximum atomic E-state index is 13.4. The maximum Gasteiger partial charge on any atom is 0.417 e. The van der Waals surface area contributed by atoms with Gasteiger partial charge in [-0.1, -0.05) is 37.6 Å². The average molecular weight is 902 g/mol. The van der Waals surface area contributed by atoms with Gasteiger partial charge in [-0.05, 0) is 83.8 Å². The van der Waals surface area contributed by atoms with Gasteiger partial charge in [-0.15, -0.1) is 0 Å². The predicted octanol–water partition coefficient (Wildman–Crippen LogP) is 8.65. The molecule has 0 saturated carbocycles. The van der Waals surface area contributed by atoms with Crippen molar-refractivity contribution in [2.24, 2.45) is 5.73 Å². The van der Waals surface area contributed by atoms with Crippen LogP contribution in [0.15, 0.2) is 97.2 Å². The minimum atomic E-state index is -4.70. The zero-order chi connectivity index (χ0) is 46.5. The van der Waals surface area contributed by atoms with E-state index in [0.29, 0.717) is 55.4 Å². The number of hydrogen-bond donors (Lipinski definition) is 6. The number of nitrogens with zero attached hydrogens (tertiary/aromatic N) is 5. The number of pyridine rings is 1. The quantitative estimate of drug-likeness (QED) is 0.0583. The number of primary amides is 1. The van der Waals surface area contributed by atoms with Crippen molar-refractivity contribution in [2.75, 3.05) is 48.8 Å². The number of imide groups is 1. The number of aromatic nitrogens is 1. The number of benzene rings is 4. The molecule has 0 aliphatic carbocycles. The van der Waals surface area contributed by atoms with Crippen LogP contribution < -0.4 is 26.0 Å². The van der Waals surface area contributed by atoms with Crippen molar-refractivity contribution >= 4 is 58.5 Å². The molecule has 1 aromatic heterocycles. The highest BCUT2D eigenvalue weighted by molar-refractivity contribution is 6.31. The first kappa shape index (κ1) is 46.1. The van der Waals surface area contributed by atoms with E-state index in [0.717, 1.165) is 33.6 Å². The summed E-state index contributed by atoms with van der Waals surface area (Å²) in [5, 5.41) is 33.8. The molecular formula is C44H43ClF3N9O7. The molecule has 1 aliphatic rings. The third-order valence-electron chi connectivity index (χ3n) is 10.1. The summed E-state index contributed by atoms with van der Waals surface area (Å²) in [5.41, 5.74) is 6.43. The molecule has 0 unspecified atom stereocenters. The smallest absolute Gasteiger partial charge is 0.417 e. The highest BCUT2D eigenvalue weighted by Gasteiger charge is 2.34. The Morgan fingerprint density at radius 3 is 2.14 bits per heavy atom. The maximum absolute atomic E-state index is 13.4. The van der Waals surface area contributed by atoms with E-state index < -0.39 is 40.8 Å². The molecule has 334 valence electrons. The first-order valence-corrected chi connectivity index (χ1v) is 20.0. The highest BCUT2D eigenvalue weighted by Crippen LogP contribution is 2.37. The molecule has 7 amide bonds. The summed E-state index contributed by atoms with van der Waals surface area (Å²) >= 11 is 5.64. The Hall–Kier alpha value is -7.38. The molecule has 1 saturated heterocycles. The van der Waals surface area contributed by atoms with Crippen LogP contribution in [-0.2, 0) is 12.7 Å². The highest BCUT2D eigenvalue weighted by atomic mass is 35.5. The Bertz CT molecular complexity index is 2570. The van der Waals surface area contributed by atoms with E-state index in [1.165, 1.54) is 61.8 Å². The Morgan fingerprint density at radius 2 is 1.52 bits per heavy atom. The van der Waals surface area contributed by atoms with Crippen LogP contribution in [0.5, 0.6) is 23.0 Å². The molecule has 5 aromatic rings. The number of hydrogen-bond acceptors (Lipinski definition) is 10. The van der Waals surface area contributed by atoms with Crippen LogP contribution in [0.3, 0.4) is 0 Å². The summed E-state index contributed by atoms with van der Waals surface area (Å²) in [4.78, 5) is 61.5. The van der Waals surface area contributed by atoms with Crippen molar-refractivity contribution in [3.8, 4) is 23.0 Å². The molecule has 1 fully saturated rings. The number of phenols is 2. The van der Waals surface area contributed by atoms with Gasteiger partial charge in [0.05, 0.1) is 21.8 Å². The number of aromatic hydroxyl groups is 2. The van der Waals surface area contributed by atoms with E-state index in [9.17, 15) is 42.6 Å². The van der Waals surface area contributed by atoms with Gasteiger partial charge in [0.15, 0.2) is 0 Å². The standard InChI is InChI=1S/C44H43ClF3N9O7/c1-25(2)32-22-33(38(59)23-37(32)58)39(49)57(41(50)61)29-9-4-26(5-10-29)24-55-16-18-56(19-17-55)43(63)54(3)40(60)36-21-31(14-15-51-36)64-30-11-6-27(7-12-30)52-42(62)53-28-8-13-35(45)34(20-28)44(46,47)48/h4-15,20-23,25,49,58-59H,16-19,24H2,1-3H3,(H2,50,61)(H2,52,53,62). The molecule has 0 atom stereocenters. The molecule has 0 spiro atoms. The Labute approximate surface area is 370 Å². The molecule has 4 aromatic carbocycles. The molecule has 0 bridgehead atoms. The van der Waals surface area contributed by atoms with E-state index in [2.05, 4.69) is 20.5 Å². The fourth-order valence-corrected chi connectivity index (χ4v) is 6.98. The first-order valence-electron chi connectivity index (χ1n) is 19.6. The molecule has 20 heteroatoms. The fourth-order valence-electron chi connectivity index (χ4n) is 6.76. The number of urea groups is 3. The van der Waals surface area contributed by atoms with Crippen LogP contribution in [0.2, 0.25) is 5.02 Å². The van der Waals surface area contributed by atoms with E-state index in [4.69, 9.17) is 27.5 Å². The number of amides is 7. The van der Waals surface area contributed by atoms with Gasteiger partial charge < -0.3 is 36.2 Å². The molecule has 7 N–H and O–H groups in total. The van der Waals surface area contributed by atoms with Crippen LogP contribution in [0.1, 0.15) is 52.5 Å². The number of phenolic OH excluding ortho intramolecular Hbond substituents is 2. The zero-order valence-corrected chi connectivity index (χ0v) is 35.4. The summed E-state index contributed by atoms with van der Waals surface area (Å²) in [7, 11) is 1.36. The van der Waals surface area contributed by atoms with Crippen molar-refractivity contribution in [3.63, 3.8) is 0 Å². The van der Waals surface area contributed by atoms with E-state index in [1.807, 2.05) is 13.8 Å². The summed E-state index contributed by atoms with van der Waals surface area (Å²) < 4.78 is 45.4. The van der Waals surface area contributed by atoms with Gasteiger partial charge >= 0.3 is 24.3 Å². The number of alkyl halides is 3. The molecule has 64 heavy (non-hydrogen) atoms. The second-order valence-corrected chi connectivity index (χ2v) is 15.4. The lowest BCUT2D eigenvalue weighted by Gasteiger charge is -2.36. The Balaban J connectivity index is 0.989. The number of nitrogens with two attached hydrogens (primary N) is 1. The van der Waals surface area contributed by atoms with Crippen molar-refractivity contribution in [1.29, 1.82) is 5.41 Å². The van der Waals surface area contributed by atoms with Crippen LogP contribution in [0, 0.1) is 5.41 Å². The number of amidine groups is 1. The van der Waals surface area contributed by atoms with Gasteiger partial charge in [-0.3, -0.25) is 25.0 Å². The number of piperazine rings is 1. The minimum Gasteiger partial charge on any atom is -0.508 e. The molecule has 6 rings (SSSR count).